The van der Waals surface area contributed by atoms with Gasteiger partial charge in [0.1, 0.15) is 17.3 Å². The van der Waals surface area contributed by atoms with Crippen LogP contribution in [0, 0.1) is 6.92 Å². The second kappa shape index (κ2) is 9.53. The van der Waals surface area contributed by atoms with Crippen LogP contribution >= 0.6 is 0 Å². The number of methoxy groups -OCH3 is 2. The van der Waals surface area contributed by atoms with E-state index in [4.69, 9.17) is 9.47 Å². The fourth-order valence-corrected chi connectivity index (χ4v) is 4.53. The molecule has 6 heteroatoms. The predicted octanol–water partition coefficient (Wildman–Crippen LogP) is 5.94. The highest BCUT2D eigenvalue weighted by atomic mass is 16.5. The van der Waals surface area contributed by atoms with E-state index in [9.17, 15) is 14.7 Å². The third-order valence-electron chi connectivity index (χ3n) is 6.45. The van der Waals surface area contributed by atoms with Gasteiger partial charge >= 0.3 is 0 Å². The maximum atomic E-state index is 13.4. The zero-order valence-corrected chi connectivity index (χ0v) is 21.5. The van der Waals surface area contributed by atoms with Crippen molar-refractivity contribution >= 4 is 23.1 Å². The molecule has 6 nitrogen and oxygen atoms in total. The second-order valence-corrected chi connectivity index (χ2v) is 9.95. The van der Waals surface area contributed by atoms with Gasteiger partial charge < -0.3 is 14.6 Å². The molecule has 3 aromatic carbocycles. The lowest BCUT2D eigenvalue weighted by Gasteiger charge is -2.26. The van der Waals surface area contributed by atoms with Gasteiger partial charge in [0.05, 0.1) is 25.8 Å². The number of benzene rings is 3. The van der Waals surface area contributed by atoms with Crippen molar-refractivity contribution in [3.8, 4) is 11.5 Å². The van der Waals surface area contributed by atoms with Crippen molar-refractivity contribution in [2.24, 2.45) is 0 Å². The van der Waals surface area contributed by atoms with E-state index >= 15 is 0 Å². The van der Waals surface area contributed by atoms with Gasteiger partial charge in [-0.1, -0.05) is 50.6 Å². The minimum absolute atomic E-state index is 0.0267. The third kappa shape index (κ3) is 4.47. The highest BCUT2D eigenvalue weighted by molar-refractivity contribution is 6.51. The number of carbonyl (C=O) groups excluding carboxylic acids is 2. The van der Waals surface area contributed by atoms with Crippen LogP contribution in [-0.2, 0) is 15.0 Å². The molecular formula is C30H31NO5. The van der Waals surface area contributed by atoms with Crippen molar-refractivity contribution in [1.29, 1.82) is 0 Å². The minimum Gasteiger partial charge on any atom is -0.507 e. The summed E-state index contributed by atoms with van der Waals surface area (Å²) in [6.07, 6.45) is 0. The van der Waals surface area contributed by atoms with Crippen molar-refractivity contribution in [1.82, 2.24) is 0 Å². The lowest BCUT2D eigenvalue weighted by Crippen LogP contribution is -2.29. The molecule has 0 aliphatic carbocycles. The number of rotatable bonds is 5. The van der Waals surface area contributed by atoms with Gasteiger partial charge in [-0.05, 0) is 60.4 Å². The lowest BCUT2D eigenvalue weighted by molar-refractivity contribution is -0.132. The molecule has 4 rings (SSSR count). The summed E-state index contributed by atoms with van der Waals surface area (Å²) in [5.74, 6) is -0.402. The first-order chi connectivity index (χ1) is 17.1. The first-order valence-corrected chi connectivity index (χ1v) is 11.8. The van der Waals surface area contributed by atoms with Crippen LogP contribution in [0.5, 0.6) is 11.5 Å². The number of ether oxygens (including phenoxy) is 2. The van der Waals surface area contributed by atoms with E-state index in [1.54, 1.807) is 56.7 Å². The Morgan fingerprint density at radius 2 is 1.61 bits per heavy atom. The summed E-state index contributed by atoms with van der Waals surface area (Å²) >= 11 is 0. The number of amides is 1. The molecule has 36 heavy (non-hydrogen) atoms. The molecule has 3 aromatic rings. The standard InChI is InChI=1S/C30H31NO5/c1-18-10-13-21(14-11-18)31-26(19-8-7-9-22(16-19)35-5)25(28(33)29(31)34)27(32)20-12-15-24(36-6)23(17-20)30(2,3)4/h7-17,26,32H,1-6H3/b27-25-. The van der Waals surface area contributed by atoms with E-state index in [0.717, 1.165) is 11.1 Å². The molecule has 0 aromatic heterocycles. The van der Waals surface area contributed by atoms with Crippen molar-refractivity contribution in [3.05, 3.63) is 94.6 Å². The second-order valence-electron chi connectivity index (χ2n) is 9.95. The molecule has 1 heterocycles. The summed E-state index contributed by atoms with van der Waals surface area (Å²) in [7, 11) is 3.15. The Morgan fingerprint density at radius 3 is 2.22 bits per heavy atom. The van der Waals surface area contributed by atoms with Gasteiger partial charge in [0.15, 0.2) is 0 Å². The van der Waals surface area contributed by atoms with Crippen LogP contribution in [0.4, 0.5) is 5.69 Å². The number of nitrogens with zero attached hydrogens (tertiary/aromatic N) is 1. The Balaban J connectivity index is 1.97. The summed E-state index contributed by atoms with van der Waals surface area (Å²) in [4.78, 5) is 28.3. The largest absolute Gasteiger partial charge is 0.507 e. The van der Waals surface area contributed by atoms with Gasteiger partial charge in [-0.2, -0.15) is 0 Å². The molecule has 0 radical (unpaired) electrons. The predicted molar refractivity (Wildman–Crippen MR) is 141 cm³/mol. The number of aliphatic hydroxyl groups excluding tert-OH is 1. The van der Waals surface area contributed by atoms with Crippen LogP contribution in [0.2, 0.25) is 0 Å². The number of hydrogen-bond donors (Lipinski definition) is 1. The number of carbonyl (C=O) groups is 2. The quantitative estimate of drug-likeness (QED) is 0.275. The Morgan fingerprint density at radius 1 is 0.917 bits per heavy atom. The van der Waals surface area contributed by atoms with Gasteiger partial charge in [0.25, 0.3) is 11.7 Å². The van der Waals surface area contributed by atoms with Gasteiger partial charge in [-0.3, -0.25) is 14.5 Å². The number of aliphatic hydroxyl groups is 1. The van der Waals surface area contributed by atoms with Gasteiger partial charge in [-0.15, -0.1) is 0 Å². The topological polar surface area (TPSA) is 76.1 Å². The number of Topliss-reactive ketones (excluding diaryl/α,β-unsaturated/α-hetero) is 1. The number of ketones is 1. The van der Waals surface area contributed by atoms with E-state index in [-0.39, 0.29) is 16.7 Å². The van der Waals surface area contributed by atoms with Crippen molar-refractivity contribution in [3.63, 3.8) is 0 Å². The van der Waals surface area contributed by atoms with E-state index in [2.05, 4.69) is 0 Å². The molecule has 1 fully saturated rings. The maximum Gasteiger partial charge on any atom is 0.300 e. The zero-order chi connectivity index (χ0) is 26.2. The highest BCUT2D eigenvalue weighted by Gasteiger charge is 2.47. The normalized spacial score (nSPS) is 17.4. The van der Waals surface area contributed by atoms with Gasteiger partial charge in [-0.25, -0.2) is 0 Å². The molecular weight excluding hydrogens is 454 g/mol. The van der Waals surface area contributed by atoms with Crippen LogP contribution in [0.3, 0.4) is 0 Å². The van der Waals surface area contributed by atoms with E-state index in [1.807, 2.05) is 52.0 Å². The number of hydrogen-bond acceptors (Lipinski definition) is 5. The molecule has 1 N–H and O–H groups in total. The Labute approximate surface area is 211 Å². The third-order valence-corrected chi connectivity index (χ3v) is 6.45. The minimum atomic E-state index is -0.831. The molecule has 1 saturated heterocycles. The van der Waals surface area contributed by atoms with Crippen LogP contribution < -0.4 is 14.4 Å². The average molecular weight is 486 g/mol. The SMILES string of the molecule is COc1cccc(C2/C(=C(/O)c3ccc(OC)c(C(C)(C)C)c3)C(=O)C(=O)N2c2ccc(C)cc2)c1. The van der Waals surface area contributed by atoms with Crippen LogP contribution in [0.15, 0.2) is 72.3 Å². The molecule has 0 saturated carbocycles. The fourth-order valence-electron chi connectivity index (χ4n) is 4.53. The Bertz CT molecular complexity index is 1350. The van der Waals surface area contributed by atoms with Crippen LogP contribution in [0.1, 0.15) is 49.1 Å². The van der Waals surface area contributed by atoms with Crippen LogP contribution in [0.25, 0.3) is 5.76 Å². The summed E-state index contributed by atoms with van der Waals surface area (Å²) in [6.45, 7) is 8.08. The molecule has 0 bridgehead atoms. The molecule has 1 unspecified atom stereocenters. The summed E-state index contributed by atoms with van der Waals surface area (Å²) in [5.41, 5.74) is 3.32. The van der Waals surface area contributed by atoms with Crippen molar-refractivity contribution in [2.45, 2.75) is 39.2 Å². The van der Waals surface area contributed by atoms with Gasteiger partial charge in [0, 0.05) is 16.8 Å². The van der Waals surface area contributed by atoms with E-state index < -0.39 is 17.7 Å². The van der Waals surface area contributed by atoms with Crippen LogP contribution in [-0.4, -0.2) is 31.0 Å². The zero-order valence-electron chi connectivity index (χ0n) is 21.5. The van der Waals surface area contributed by atoms with E-state index in [1.165, 1.54) is 4.90 Å². The molecule has 1 atom stereocenters. The first kappa shape index (κ1) is 25.0. The van der Waals surface area contributed by atoms with Crippen molar-refractivity contribution in [2.75, 3.05) is 19.1 Å². The monoisotopic (exact) mass is 485 g/mol. The maximum absolute atomic E-state index is 13.4. The van der Waals surface area contributed by atoms with Crippen molar-refractivity contribution < 1.29 is 24.2 Å². The highest BCUT2D eigenvalue weighted by Crippen LogP contribution is 2.43. The number of aryl methyl sites for hydroxylation is 1. The first-order valence-electron chi connectivity index (χ1n) is 11.8. The molecule has 1 amide bonds. The summed E-state index contributed by atoms with van der Waals surface area (Å²) in [6, 6.07) is 19.0. The summed E-state index contributed by atoms with van der Waals surface area (Å²) < 4.78 is 10.9. The number of anilines is 1. The Kier molecular flexibility index (Phi) is 6.63. The van der Waals surface area contributed by atoms with Gasteiger partial charge in [0.2, 0.25) is 0 Å². The fraction of sp³-hybridized carbons (Fsp3) is 0.267. The molecule has 186 valence electrons. The smallest absolute Gasteiger partial charge is 0.300 e. The molecule has 1 aliphatic heterocycles. The molecule has 0 spiro atoms. The average Bonchev–Trinajstić information content (AvgIpc) is 3.13. The Hall–Kier alpha value is -4.06. The lowest BCUT2D eigenvalue weighted by atomic mass is 9.84. The molecule has 1 aliphatic rings. The van der Waals surface area contributed by atoms with E-state index in [0.29, 0.717) is 28.3 Å². The summed E-state index contributed by atoms with van der Waals surface area (Å²) in [5, 5.41) is 11.5.